The van der Waals surface area contributed by atoms with Gasteiger partial charge in [0.25, 0.3) is 11.8 Å². The first kappa shape index (κ1) is 22.0. The lowest BCUT2D eigenvalue weighted by atomic mass is 10.1. The standard InChI is InChI=1S/C21H20F3N5O2/c1-13-17(11-27-29(13)18-9-8-16(10-26-18)21(22,23)24)20(31)28(3)12-14-4-6-15(7-5-14)19(30)25-2/h4-11H,12H2,1-3H3,(H,25,30). The van der Waals surface area contributed by atoms with Gasteiger partial charge in [-0.25, -0.2) is 9.67 Å². The smallest absolute Gasteiger partial charge is 0.355 e. The third-order valence-electron chi connectivity index (χ3n) is 4.74. The highest BCUT2D eigenvalue weighted by atomic mass is 19.4. The molecule has 3 rings (SSSR count). The molecule has 0 fully saturated rings. The van der Waals surface area contributed by atoms with Crippen LogP contribution in [0.4, 0.5) is 13.2 Å². The number of hydrogen-bond acceptors (Lipinski definition) is 4. The van der Waals surface area contributed by atoms with E-state index in [2.05, 4.69) is 15.4 Å². The number of benzene rings is 1. The van der Waals surface area contributed by atoms with Crippen LogP contribution >= 0.6 is 0 Å². The normalized spacial score (nSPS) is 11.3. The molecule has 0 unspecified atom stereocenters. The monoisotopic (exact) mass is 431 g/mol. The molecule has 0 spiro atoms. The Bertz CT molecular complexity index is 1090. The van der Waals surface area contributed by atoms with Crippen molar-refractivity contribution in [1.82, 2.24) is 25.0 Å². The van der Waals surface area contributed by atoms with Gasteiger partial charge in [0.2, 0.25) is 0 Å². The number of rotatable bonds is 5. The van der Waals surface area contributed by atoms with Crippen LogP contribution in [0.1, 0.15) is 37.5 Å². The maximum atomic E-state index is 12.9. The van der Waals surface area contributed by atoms with Crippen molar-refractivity contribution < 1.29 is 22.8 Å². The molecule has 2 amide bonds. The van der Waals surface area contributed by atoms with Crippen molar-refractivity contribution in [2.45, 2.75) is 19.6 Å². The maximum Gasteiger partial charge on any atom is 0.417 e. The van der Waals surface area contributed by atoms with Crippen LogP contribution < -0.4 is 5.32 Å². The SMILES string of the molecule is CNC(=O)c1ccc(CN(C)C(=O)c2cnn(-c3ccc(C(F)(F)F)cn3)c2C)cc1. The molecule has 0 aliphatic carbocycles. The van der Waals surface area contributed by atoms with Crippen LogP contribution in [0.5, 0.6) is 0 Å². The Morgan fingerprint density at radius 2 is 1.77 bits per heavy atom. The van der Waals surface area contributed by atoms with Gasteiger partial charge in [-0.15, -0.1) is 0 Å². The van der Waals surface area contributed by atoms with Crippen LogP contribution in [0, 0.1) is 6.92 Å². The highest BCUT2D eigenvalue weighted by molar-refractivity contribution is 5.95. The first-order valence-corrected chi connectivity index (χ1v) is 9.26. The number of carbonyl (C=O) groups excluding carboxylic acids is 2. The van der Waals surface area contributed by atoms with E-state index in [4.69, 9.17) is 0 Å². The van der Waals surface area contributed by atoms with Gasteiger partial charge in [0.1, 0.15) is 0 Å². The van der Waals surface area contributed by atoms with Gasteiger partial charge in [0, 0.05) is 32.4 Å². The summed E-state index contributed by atoms with van der Waals surface area (Å²) in [5.41, 5.74) is 1.25. The molecule has 1 aromatic carbocycles. The molecule has 0 bridgehead atoms. The third-order valence-corrected chi connectivity index (χ3v) is 4.74. The fourth-order valence-corrected chi connectivity index (χ4v) is 2.99. The van der Waals surface area contributed by atoms with Gasteiger partial charge in [-0.2, -0.15) is 18.3 Å². The molecule has 10 heteroatoms. The number of aromatic nitrogens is 3. The molecule has 31 heavy (non-hydrogen) atoms. The van der Waals surface area contributed by atoms with E-state index in [0.29, 0.717) is 23.4 Å². The van der Waals surface area contributed by atoms with Crippen LogP contribution in [0.3, 0.4) is 0 Å². The van der Waals surface area contributed by atoms with Crippen molar-refractivity contribution in [2.24, 2.45) is 0 Å². The summed E-state index contributed by atoms with van der Waals surface area (Å²) in [6.07, 6.45) is -2.39. The zero-order valence-electron chi connectivity index (χ0n) is 17.1. The van der Waals surface area contributed by atoms with Crippen molar-refractivity contribution in [1.29, 1.82) is 0 Å². The van der Waals surface area contributed by atoms with Crippen LogP contribution in [0.2, 0.25) is 0 Å². The number of amides is 2. The molecule has 2 heterocycles. The van der Waals surface area contributed by atoms with E-state index in [1.54, 1.807) is 45.3 Å². The summed E-state index contributed by atoms with van der Waals surface area (Å²) in [5.74, 6) is -0.320. The topological polar surface area (TPSA) is 80.1 Å². The number of hydrogen-bond donors (Lipinski definition) is 1. The van der Waals surface area contributed by atoms with E-state index in [-0.39, 0.29) is 17.6 Å². The van der Waals surface area contributed by atoms with Gasteiger partial charge in [-0.1, -0.05) is 12.1 Å². The Balaban J connectivity index is 1.75. The van der Waals surface area contributed by atoms with Crippen molar-refractivity contribution in [2.75, 3.05) is 14.1 Å². The van der Waals surface area contributed by atoms with Crippen molar-refractivity contribution in [3.05, 3.63) is 76.7 Å². The van der Waals surface area contributed by atoms with Crippen LogP contribution in [-0.2, 0) is 12.7 Å². The Morgan fingerprint density at radius 1 is 1.10 bits per heavy atom. The molecule has 0 radical (unpaired) electrons. The highest BCUT2D eigenvalue weighted by Crippen LogP contribution is 2.29. The van der Waals surface area contributed by atoms with Crippen molar-refractivity contribution in [3.8, 4) is 5.82 Å². The molecule has 1 N–H and O–H groups in total. The summed E-state index contributed by atoms with van der Waals surface area (Å²) in [4.78, 5) is 29.8. The number of alkyl halides is 3. The molecule has 0 atom stereocenters. The highest BCUT2D eigenvalue weighted by Gasteiger charge is 2.31. The van der Waals surface area contributed by atoms with Crippen molar-refractivity contribution >= 4 is 11.8 Å². The third kappa shape index (κ3) is 4.73. The van der Waals surface area contributed by atoms with E-state index >= 15 is 0 Å². The number of nitrogens with zero attached hydrogens (tertiary/aromatic N) is 4. The molecule has 3 aromatic rings. The van der Waals surface area contributed by atoms with Gasteiger partial charge < -0.3 is 10.2 Å². The Kier molecular flexibility index (Phi) is 6.09. The lowest BCUT2D eigenvalue weighted by Gasteiger charge is -2.17. The average molecular weight is 431 g/mol. The van der Waals surface area contributed by atoms with Crippen molar-refractivity contribution in [3.63, 3.8) is 0 Å². The fourth-order valence-electron chi connectivity index (χ4n) is 2.99. The van der Waals surface area contributed by atoms with E-state index < -0.39 is 11.7 Å². The number of pyridine rings is 1. The predicted molar refractivity (Wildman–Crippen MR) is 107 cm³/mol. The zero-order valence-corrected chi connectivity index (χ0v) is 17.1. The average Bonchev–Trinajstić information content (AvgIpc) is 3.13. The fraction of sp³-hybridized carbons (Fsp3) is 0.238. The Labute approximate surface area is 176 Å². The lowest BCUT2D eigenvalue weighted by Crippen LogP contribution is -2.26. The van der Waals surface area contributed by atoms with Gasteiger partial charge in [0.15, 0.2) is 5.82 Å². The molecule has 0 saturated carbocycles. The Morgan fingerprint density at radius 3 is 2.32 bits per heavy atom. The molecular weight excluding hydrogens is 411 g/mol. The number of carbonyl (C=O) groups is 2. The summed E-state index contributed by atoms with van der Waals surface area (Å²) in [5, 5.41) is 6.65. The second kappa shape index (κ2) is 8.58. The summed E-state index contributed by atoms with van der Waals surface area (Å²) in [6, 6.07) is 8.99. The molecule has 0 aliphatic heterocycles. The van der Waals surface area contributed by atoms with Gasteiger partial charge in [-0.3, -0.25) is 9.59 Å². The van der Waals surface area contributed by atoms with Crippen LogP contribution in [0.25, 0.3) is 5.82 Å². The van der Waals surface area contributed by atoms with Gasteiger partial charge in [-0.05, 0) is 36.8 Å². The Hall–Kier alpha value is -3.69. The van der Waals surface area contributed by atoms with E-state index in [1.165, 1.54) is 21.8 Å². The number of nitrogens with one attached hydrogen (secondary N) is 1. The van der Waals surface area contributed by atoms with Crippen LogP contribution in [-0.4, -0.2) is 45.6 Å². The summed E-state index contributed by atoms with van der Waals surface area (Å²) < 4.78 is 39.5. The largest absolute Gasteiger partial charge is 0.417 e. The first-order chi connectivity index (χ1) is 14.6. The minimum Gasteiger partial charge on any atom is -0.355 e. The lowest BCUT2D eigenvalue weighted by molar-refractivity contribution is -0.137. The first-order valence-electron chi connectivity index (χ1n) is 9.26. The quantitative estimate of drug-likeness (QED) is 0.673. The molecule has 7 nitrogen and oxygen atoms in total. The van der Waals surface area contributed by atoms with E-state index in [1.807, 2.05) is 0 Å². The summed E-state index contributed by atoms with van der Waals surface area (Å²) in [7, 11) is 3.17. The molecule has 162 valence electrons. The van der Waals surface area contributed by atoms with Gasteiger partial charge in [0.05, 0.1) is 23.0 Å². The number of halogens is 3. The minimum absolute atomic E-state index is 0.178. The summed E-state index contributed by atoms with van der Waals surface area (Å²) in [6.45, 7) is 1.95. The van der Waals surface area contributed by atoms with Gasteiger partial charge >= 0.3 is 6.18 Å². The summed E-state index contributed by atoms with van der Waals surface area (Å²) >= 11 is 0. The van der Waals surface area contributed by atoms with E-state index in [9.17, 15) is 22.8 Å². The maximum absolute atomic E-state index is 12.9. The second-order valence-corrected chi connectivity index (χ2v) is 6.90. The molecule has 0 saturated heterocycles. The van der Waals surface area contributed by atoms with E-state index in [0.717, 1.165) is 17.8 Å². The molecule has 0 aliphatic rings. The zero-order chi connectivity index (χ0) is 22.8. The predicted octanol–water partition coefficient (Wildman–Crippen LogP) is 3.23. The van der Waals surface area contributed by atoms with Crippen LogP contribution in [0.15, 0.2) is 48.8 Å². The minimum atomic E-state index is -4.48. The second-order valence-electron chi connectivity index (χ2n) is 6.90. The molecular formula is C21H20F3N5O2. The molecule has 2 aromatic heterocycles.